The molecule has 3 aromatic rings. The standard InChI is InChI=1S/C20H23N3O.ClH/c1-22-9-5-7-17(22)14-24-18-10-16(12-21-13-18)20-11-15-6-3-4-8-19(15)23(20)2;/h3-4,6,8,10-13,17H,5,7,9,14H2,1-2H3;1H/t17-;/m0./s1. The van der Waals surface area contributed by atoms with Crippen molar-refractivity contribution in [2.75, 3.05) is 20.2 Å². The maximum Gasteiger partial charge on any atom is 0.138 e. The van der Waals surface area contributed by atoms with Crippen LogP contribution in [0.5, 0.6) is 5.75 Å². The van der Waals surface area contributed by atoms with E-state index in [1.54, 1.807) is 6.20 Å². The van der Waals surface area contributed by atoms with E-state index >= 15 is 0 Å². The fourth-order valence-electron chi connectivity index (χ4n) is 3.59. The maximum absolute atomic E-state index is 6.02. The van der Waals surface area contributed by atoms with Gasteiger partial charge in [0.05, 0.1) is 11.9 Å². The van der Waals surface area contributed by atoms with Crippen molar-refractivity contribution in [1.82, 2.24) is 14.5 Å². The van der Waals surface area contributed by atoms with E-state index in [-0.39, 0.29) is 12.4 Å². The maximum atomic E-state index is 6.02. The number of hydrogen-bond donors (Lipinski definition) is 0. The highest BCUT2D eigenvalue weighted by atomic mass is 35.5. The molecule has 0 N–H and O–H groups in total. The van der Waals surface area contributed by atoms with Crippen LogP contribution in [0.3, 0.4) is 0 Å². The number of pyridine rings is 1. The lowest BCUT2D eigenvalue weighted by molar-refractivity contribution is 0.198. The fraction of sp³-hybridized carbons (Fsp3) is 0.350. The van der Waals surface area contributed by atoms with Crippen molar-refractivity contribution in [3.63, 3.8) is 0 Å². The molecule has 3 heterocycles. The Morgan fingerprint density at radius 3 is 2.76 bits per heavy atom. The van der Waals surface area contributed by atoms with Crippen LogP contribution >= 0.6 is 12.4 Å². The summed E-state index contributed by atoms with van der Waals surface area (Å²) in [4.78, 5) is 6.76. The first-order chi connectivity index (χ1) is 11.7. The van der Waals surface area contributed by atoms with E-state index < -0.39 is 0 Å². The molecule has 5 heteroatoms. The van der Waals surface area contributed by atoms with Gasteiger partial charge in [0.2, 0.25) is 0 Å². The number of aryl methyl sites for hydroxylation is 1. The van der Waals surface area contributed by atoms with Gasteiger partial charge in [0.15, 0.2) is 0 Å². The molecule has 4 nitrogen and oxygen atoms in total. The van der Waals surface area contributed by atoms with Gasteiger partial charge in [-0.05, 0) is 44.6 Å². The molecule has 0 saturated carbocycles. The Morgan fingerprint density at radius 1 is 1.16 bits per heavy atom. The van der Waals surface area contributed by atoms with Gasteiger partial charge in [-0.1, -0.05) is 18.2 Å². The zero-order valence-corrected chi connectivity index (χ0v) is 15.5. The molecule has 1 atom stereocenters. The first-order valence-corrected chi connectivity index (χ1v) is 8.55. The van der Waals surface area contributed by atoms with E-state index in [0.717, 1.165) is 23.6 Å². The summed E-state index contributed by atoms with van der Waals surface area (Å²) >= 11 is 0. The van der Waals surface area contributed by atoms with Crippen molar-refractivity contribution >= 4 is 23.3 Å². The molecule has 1 fully saturated rings. The number of halogens is 1. The molecule has 0 radical (unpaired) electrons. The predicted molar refractivity (Wildman–Crippen MR) is 105 cm³/mol. The van der Waals surface area contributed by atoms with Crippen LogP contribution in [-0.2, 0) is 7.05 Å². The minimum Gasteiger partial charge on any atom is -0.490 e. The summed E-state index contributed by atoms with van der Waals surface area (Å²) in [5.41, 5.74) is 3.48. The second-order valence-electron chi connectivity index (χ2n) is 6.64. The number of hydrogen-bond acceptors (Lipinski definition) is 3. The molecule has 1 saturated heterocycles. The van der Waals surface area contributed by atoms with E-state index in [0.29, 0.717) is 6.04 Å². The van der Waals surface area contributed by atoms with Gasteiger partial charge in [-0.25, -0.2) is 0 Å². The average molecular weight is 358 g/mol. The SMILES string of the molecule is CN1CCC[C@H]1COc1cncc(-c2cc3ccccc3n2C)c1.Cl. The normalized spacial score (nSPS) is 17.6. The lowest BCUT2D eigenvalue weighted by atomic mass is 10.2. The Hall–Kier alpha value is -2.04. The summed E-state index contributed by atoms with van der Waals surface area (Å²) in [7, 11) is 4.27. The van der Waals surface area contributed by atoms with E-state index in [9.17, 15) is 0 Å². The molecule has 25 heavy (non-hydrogen) atoms. The topological polar surface area (TPSA) is 30.3 Å². The lowest BCUT2D eigenvalue weighted by Gasteiger charge is -2.19. The number of para-hydroxylation sites is 1. The van der Waals surface area contributed by atoms with Gasteiger partial charge in [0.1, 0.15) is 12.4 Å². The summed E-state index contributed by atoms with van der Waals surface area (Å²) in [6, 6.07) is 13.2. The van der Waals surface area contributed by atoms with Crippen LogP contribution < -0.4 is 4.74 Å². The van der Waals surface area contributed by atoms with Gasteiger partial charge in [-0.2, -0.15) is 0 Å². The smallest absolute Gasteiger partial charge is 0.138 e. The third kappa shape index (κ3) is 3.51. The molecule has 1 aliphatic rings. The molecule has 0 spiro atoms. The van der Waals surface area contributed by atoms with E-state index in [4.69, 9.17) is 4.74 Å². The van der Waals surface area contributed by atoms with Crippen molar-refractivity contribution in [3.05, 3.63) is 48.8 Å². The third-order valence-electron chi connectivity index (χ3n) is 5.07. The number of likely N-dealkylation sites (N-methyl/N-ethyl adjacent to an activating group) is 1. The molecule has 132 valence electrons. The van der Waals surface area contributed by atoms with Gasteiger partial charge in [0.25, 0.3) is 0 Å². The molecule has 0 unspecified atom stereocenters. The molecular weight excluding hydrogens is 334 g/mol. The van der Waals surface area contributed by atoms with Crippen LogP contribution in [0.15, 0.2) is 48.8 Å². The highest BCUT2D eigenvalue weighted by molar-refractivity contribution is 5.87. The van der Waals surface area contributed by atoms with E-state index in [1.165, 1.54) is 30.3 Å². The van der Waals surface area contributed by atoms with Crippen molar-refractivity contribution in [1.29, 1.82) is 0 Å². The van der Waals surface area contributed by atoms with Crippen LogP contribution in [0.2, 0.25) is 0 Å². The first kappa shape index (κ1) is 17.8. The van der Waals surface area contributed by atoms with Crippen molar-refractivity contribution in [2.45, 2.75) is 18.9 Å². The van der Waals surface area contributed by atoms with Crippen molar-refractivity contribution in [3.8, 4) is 17.0 Å². The molecule has 1 aliphatic heterocycles. The lowest BCUT2D eigenvalue weighted by Crippen LogP contribution is -2.30. The van der Waals surface area contributed by atoms with Crippen LogP contribution in [-0.4, -0.2) is 40.7 Å². The molecule has 0 aliphatic carbocycles. The fourth-order valence-corrected chi connectivity index (χ4v) is 3.59. The van der Waals surface area contributed by atoms with Crippen LogP contribution in [0.25, 0.3) is 22.2 Å². The summed E-state index contributed by atoms with van der Waals surface area (Å²) < 4.78 is 8.23. The largest absolute Gasteiger partial charge is 0.490 e. The molecule has 1 aromatic carbocycles. The van der Waals surface area contributed by atoms with Crippen LogP contribution in [0.1, 0.15) is 12.8 Å². The van der Waals surface area contributed by atoms with Gasteiger partial charge >= 0.3 is 0 Å². The zero-order valence-electron chi connectivity index (χ0n) is 14.7. The number of rotatable bonds is 4. The zero-order chi connectivity index (χ0) is 16.5. The molecule has 4 rings (SSSR count). The first-order valence-electron chi connectivity index (χ1n) is 8.55. The van der Waals surface area contributed by atoms with Gasteiger partial charge in [0, 0.05) is 35.8 Å². The summed E-state index contributed by atoms with van der Waals surface area (Å²) in [6.07, 6.45) is 6.19. The number of likely N-dealkylation sites (tertiary alicyclic amines) is 1. The quantitative estimate of drug-likeness (QED) is 0.703. The number of aromatic nitrogens is 2. The van der Waals surface area contributed by atoms with Gasteiger partial charge < -0.3 is 14.2 Å². The molecule has 0 bridgehead atoms. The Morgan fingerprint density at radius 2 is 2.00 bits per heavy atom. The van der Waals surface area contributed by atoms with Crippen molar-refractivity contribution in [2.24, 2.45) is 7.05 Å². The van der Waals surface area contributed by atoms with Crippen LogP contribution in [0, 0.1) is 0 Å². The van der Waals surface area contributed by atoms with Gasteiger partial charge in [-0.15, -0.1) is 12.4 Å². The van der Waals surface area contributed by atoms with Crippen molar-refractivity contribution < 1.29 is 4.74 Å². The number of nitrogens with zero attached hydrogens (tertiary/aromatic N) is 3. The monoisotopic (exact) mass is 357 g/mol. The Balaban J connectivity index is 0.00000182. The minimum absolute atomic E-state index is 0. The second kappa shape index (κ2) is 7.46. The third-order valence-corrected chi connectivity index (χ3v) is 5.07. The highest BCUT2D eigenvalue weighted by Crippen LogP contribution is 2.28. The second-order valence-corrected chi connectivity index (χ2v) is 6.64. The van der Waals surface area contributed by atoms with Gasteiger partial charge in [-0.3, -0.25) is 4.98 Å². The molecule has 0 amide bonds. The minimum atomic E-state index is 0. The Kier molecular flexibility index (Phi) is 5.30. The predicted octanol–water partition coefficient (Wildman–Crippen LogP) is 4.14. The summed E-state index contributed by atoms with van der Waals surface area (Å²) in [5, 5.41) is 1.24. The Bertz CT molecular complexity index is 861. The summed E-state index contributed by atoms with van der Waals surface area (Å²) in [5.74, 6) is 0.845. The number of benzene rings is 1. The average Bonchev–Trinajstić information content (AvgIpc) is 3.17. The number of ether oxygens (including phenoxy) is 1. The van der Waals surface area contributed by atoms with E-state index in [2.05, 4.69) is 64.9 Å². The number of fused-ring (bicyclic) bond motifs is 1. The van der Waals surface area contributed by atoms with E-state index in [1.807, 2.05) is 6.20 Å². The molecular formula is C20H24ClN3O. The Labute approximate surface area is 154 Å². The summed E-state index contributed by atoms with van der Waals surface area (Å²) in [6.45, 7) is 1.90. The van der Waals surface area contributed by atoms with Crippen LogP contribution in [0.4, 0.5) is 0 Å². The molecule has 2 aromatic heterocycles. The highest BCUT2D eigenvalue weighted by Gasteiger charge is 2.21.